The van der Waals surface area contributed by atoms with E-state index in [-0.39, 0.29) is 27.0 Å². The Morgan fingerprint density at radius 3 is 2.50 bits per heavy atom. The Hall–Kier alpha value is -2.75. The number of aromatic nitrogens is 1. The second kappa shape index (κ2) is 9.98. The molecule has 3 heterocycles. The predicted molar refractivity (Wildman–Crippen MR) is 113 cm³/mol. The molecule has 0 saturated carbocycles. The van der Waals surface area contributed by atoms with Crippen LogP contribution in [0, 0.1) is 6.07 Å². The standard InChI is InChI=1S/C14H10N.C9H8BN2.Ir/c1-2-6-11(7-3-1)14-10-12-8-4-5-9-13(12)15-14;1-3-7-11-9(5-1)10-6-2-4-8-12-10;/h1-6,8-9H,10H2;1-8H;/q2*-1;. The Morgan fingerprint density at radius 1 is 0.929 bits per heavy atom. The van der Waals surface area contributed by atoms with Crippen molar-refractivity contribution in [2.75, 3.05) is 0 Å². The van der Waals surface area contributed by atoms with Gasteiger partial charge in [-0.3, -0.25) is 4.98 Å². The maximum Gasteiger partial charge on any atom is 0.120 e. The van der Waals surface area contributed by atoms with Crippen LogP contribution in [-0.2, 0) is 26.5 Å². The minimum absolute atomic E-state index is 0. The third-order valence-electron chi connectivity index (χ3n) is 4.35. The molecule has 0 N–H and O–H groups in total. The first-order valence-corrected chi connectivity index (χ1v) is 8.97. The molecule has 3 aromatic rings. The smallest absolute Gasteiger partial charge is 0.120 e. The average Bonchev–Trinajstić information content (AvgIpc) is 3.21. The van der Waals surface area contributed by atoms with Gasteiger partial charge in [0.2, 0.25) is 0 Å². The molecule has 139 valence electrons. The molecule has 0 amide bonds. The fourth-order valence-electron chi connectivity index (χ4n) is 3.00. The van der Waals surface area contributed by atoms with Crippen LogP contribution in [0.3, 0.4) is 0 Å². The van der Waals surface area contributed by atoms with Crippen LogP contribution in [0.4, 0.5) is 5.69 Å². The van der Waals surface area contributed by atoms with Gasteiger partial charge in [0.25, 0.3) is 0 Å². The minimum atomic E-state index is 0. The van der Waals surface area contributed by atoms with E-state index in [1.54, 1.807) is 12.4 Å². The maximum atomic E-state index is 4.61. The molecule has 3 nitrogen and oxygen atoms in total. The predicted octanol–water partition coefficient (Wildman–Crippen LogP) is 4.44. The summed E-state index contributed by atoms with van der Waals surface area (Å²) in [4.78, 5) is 8.83. The number of benzene rings is 2. The number of hydrogen-bond donors (Lipinski definition) is 0. The number of nitrogens with zero attached hydrogens (tertiary/aromatic N) is 3. The fourth-order valence-corrected chi connectivity index (χ4v) is 3.00. The molecule has 1 aromatic heterocycles. The third kappa shape index (κ3) is 4.95. The summed E-state index contributed by atoms with van der Waals surface area (Å²) in [7, 11) is 0. The molecular weight excluding hydrogens is 521 g/mol. The molecule has 0 unspecified atom stereocenters. The van der Waals surface area contributed by atoms with E-state index in [2.05, 4.69) is 45.5 Å². The molecule has 2 aromatic carbocycles. The third-order valence-corrected chi connectivity index (χ3v) is 4.35. The van der Waals surface area contributed by atoms with E-state index in [4.69, 9.17) is 0 Å². The summed E-state index contributed by atoms with van der Waals surface area (Å²) >= 11 is 0. The van der Waals surface area contributed by atoms with Crippen molar-refractivity contribution in [1.82, 2.24) is 4.98 Å². The normalized spacial score (nSPS) is 13.4. The van der Waals surface area contributed by atoms with Crippen molar-refractivity contribution in [2.45, 2.75) is 6.42 Å². The number of hydrogen-bond acceptors (Lipinski definition) is 2. The molecule has 5 rings (SSSR count). The van der Waals surface area contributed by atoms with Crippen LogP contribution in [0.5, 0.6) is 0 Å². The summed E-state index contributed by atoms with van der Waals surface area (Å²) in [6.07, 6.45) is 8.43. The van der Waals surface area contributed by atoms with E-state index in [1.165, 1.54) is 5.56 Å². The Morgan fingerprint density at radius 2 is 1.79 bits per heavy atom. The summed E-state index contributed by atoms with van der Waals surface area (Å²) in [6.45, 7) is 0.108. The van der Waals surface area contributed by atoms with Crippen molar-refractivity contribution in [2.24, 2.45) is 4.99 Å². The quantitative estimate of drug-likeness (QED) is 0.351. The van der Waals surface area contributed by atoms with Gasteiger partial charge >= 0.3 is 0 Å². The van der Waals surface area contributed by atoms with Crippen LogP contribution in [0.25, 0.3) is 5.23 Å². The van der Waals surface area contributed by atoms with Gasteiger partial charge in [-0.05, 0) is 35.4 Å². The first-order valence-electron chi connectivity index (χ1n) is 8.97. The Kier molecular flexibility index (Phi) is 7.13. The van der Waals surface area contributed by atoms with Crippen LogP contribution < -0.4 is 5.59 Å². The second-order valence-electron chi connectivity index (χ2n) is 6.22. The van der Waals surface area contributed by atoms with Crippen molar-refractivity contribution in [3.8, 4) is 0 Å². The zero-order valence-corrected chi connectivity index (χ0v) is 17.6. The van der Waals surface area contributed by atoms with Gasteiger partial charge in [-0.1, -0.05) is 42.5 Å². The molecule has 1 radical (unpaired) electrons. The van der Waals surface area contributed by atoms with E-state index in [0.717, 1.165) is 29.0 Å². The SMILES string of the molecule is C1=C[N-]B(c2ccccn2)C=C1.[Ir].[c-]1ccccc1C1=Nc2ccccc2C1. The molecule has 0 bridgehead atoms. The van der Waals surface area contributed by atoms with Crippen molar-refractivity contribution in [1.29, 1.82) is 0 Å². The second-order valence-corrected chi connectivity index (χ2v) is 6.22. The maximum absolute atomic E-state index is 4.61. The summed E-state index contributed by atoms with van der Waals surface area (Å²) < 4.78 is 0. The molecule has 2 aliphatic rings. The van der Waals surface area contributed by atoms with Crippen molar-refractivity contribution < 1.29 is 20.1 Å². The van der Waals surface area contributed by atoms with Crippen LogP contribution >= 0.6 is 0 Å². The van der Waals surface area contributed by atoms with Crippen LogP contribution in [0.2, 0.25) is 0 Å². The van der Waals surface area contributed by atoms with Crippen LogP contribution in [0.1, 0.15) is 11.1 Å². The average molecular weight is 539 g/mol. The van der Waals surface area contributed by atoms with E-state index in [9.17, 15) is 0 Å². The number of allylic oxidation sites excluding steroid dienone is 2. The first kappa shape index (κ1) is 20.0. The molecule has 0 saturated heterocycles. The molecule has 28 heavy (non-hydrogen) atoms. The monoisotopic (exact) mass is 540 g/mol. The number of aliphatic imine (C=N–C) groups is 1. The van der Waals surface area contributed by atoms with Crippen LogP contribution in [0.15, 0.2) is 102 Å². The molecule has 2 aliphatic heterocycles. The van der Waals surface area contributed by atoms with Crippen molar-refractivity contribution in [3.05, 3.63) is 120 Å². The summed E-state index contributed by atoms with van der Waals surface area (Å²) in [5, 5.41) is 4.27. The van der Waals surface area contributed by atoms with Gasteiger partial charge in [0.15, 0.2) is 0 Å². The molecule has 0 spiro atoms. The molecule has 0 fully saturated rings. The molecule has 0 aliphatic carbocycles. The molecular formula is C23H18BIrN3-2. The number of pyridine rings is 1. The van der Waals surface area contributed by atoms with E-state index >= 15 is 0 Å². The number of fused-ring (bicyclic) bond motifs is 1. The van der Waals surface area contributed by atoms with E-state index < -0.39 is 0 Å². The zero-order chi connectivity index (χ0) is 18.3. The van der Waals surface area contributed by atoms with Gasteiger partial charge in [-0.15, -0.1) is 41.9 Å². The summed E-state index contributed by atoms with van der Waals surface area (Å²) in [5.74, 6) is 2.03. The first-order chi connectivity index (χ1) is 13.4. The number of para-hydroxylation sites is 1. The topological polar surface area (TPSA) is 39.4 Å². The van der Waals surface area contributed by atoms with Crippen molar-refractivity contribution >= 4 is 23.8 Å². The van der Waals surface area contributed by atoms with Gasteiger partial charge in [-0.25, -0.2) is 0 Å². The Labute approximate surface area is 179 Å². The fraction of sp³-hybridized carbons (Fsp3) is 0.0435. The van der Waals surface area contributed by atoms with Crippen LogP contribution in [-0.4, -0.2) is 17.5 Å². The zero-order valence-electron chi connectivity index (χ0n) is 15.2. The van der Waals surface area contributed by atoms with Gasteiger partial charge in [0, 0.05) is 26.3 Å². The summed E-state index contributed by atoms with van der Waals surface area (Å²) in [6, 6.07) is 25.4. The molecule has 0 atom stereocenters. The summed E-state index contributed by atoms with van der Waals surface area (Å²) in [5.41, 5.74) is 5.64. The van der Waals surface area contributed by atoms with Gasteiger partial charge in [0.1, 0.15) is 6.85 Å². The largest absolute Gasteiger partial charge is 0.704 e. The van der Waals surface area contributed by atoms with E-state index in [1.807, 2.05) is 60.6 Å². The van der Waals surface area contributed by atoms with Crippen molar-refractivity contribution in [3.63, 3.8) is 0 Å². The Balaban J connectivity index is 0.000000159. The minimum Gasteiger partial charge on any atom is -0.704 e. The Bertz CT molecular complexity index is 985. The molecule has 5 heteroatoms. The van der Waals surface area contributed by atoms with Gasteiger partial charge in [0.05, 0.1) is 5.69 Å². The van der Waals surface area contributed by atoms with Gasteiger partial charge in [-0.2, -0.15) is 6.20 Å². The van der Waals surface area contributed by atoms with E-state index in [0.29, 0.717) is 0 Å². The number of rotatable bonds is 2. The van der Waals surface area contributed by atoms with Gasteiger partial charge < -0.3 is 10.2 Å².